The predicted molar refractivity (Wildman–Crippen MR) is 70.8 cm³/mol. The summed E-state index contributed by atoms with van der Waals surface area (Å²) in [7, 11) is 0. The van der Waals surface area contributed by atoms with Gasteiger partial charge in [-0.1, -0.05) is 13.3 Å². The largest absolute Gasteiger partial charge is 0.355 e. The van der Waals surface area contributed by atoms with Crippen molar-refractivity contribution in [3.05, 3.63) is 0 Å². The number of carbonyl (C=O) groups excluding carboxylic acids is 1. The van der Waals surface area contributed by atoms with Crippen LogP contribution in [0.1, 0.15) is 45.4 Å². The molecule has 1 amide bonds. The Morgan fingerprint density at radius 2 is 2.29 bits per heavy atom. The summed E-state index contributed by atoms with van der Waals surface area (Å²) < 4.78 is 0. The molecule has 0 aromatic heterocycles. The maximum atomic E-state index is 11.7. The Bertz CT molecular complexity index is 221. The van der Waals surface area contributed by atoms with Gasteiger partial charge in [-0.25, -0.2) is 0 Å². The maximum Gasteiger partial charge on any atom is 0.234 e. The topological polar surface area (TPSA) is 58.4 Å². The second kappa shape index (κ2) is 8.48. The third-order valence-corrected chi connectivity index (χ3v) is 3.44. The van der Waals surface area contributed by atoms with Gasteiger partial charge < -0.3 is 11.1 Å². The van der Waals surface area contributed by atoms with Gasteiger partial charge in [0.05, 0.1) is 6.54 Å². The van der Waals surface area contributed by atoms with Crippen LogP contribution in [-0.4, -0.2) is 43.0 Å². The van der Waals surface area contributed by atoms with E-state index in [2.05, 4.69) is 17.1 Å². The van der Waals surface area contributed by atoms with Crippen molar-refractivity contribution in [1.29, 1.82) is 0 Å². The summed E-state index contributed by atoms with van der Waals surface area (Å²) in [6.45, 7) is 5.34. The molecule has 4 nitrogen and oxygen atoms in total. The highest BCUT2D eigenvalue weighted by Crippen LogP contribution is 2.20. The second-order valence-electron chi connectivity index (χ2n) is 4.90. The molecule has 1 rings (SSSR count). The van der Waals surface area contributed by atoms with Crippen molar-refractivity contribution in [1.82, 2.24) is 10.2 Å². The third kappa shape index (κ3) is 5.50. The van der Waals surface area contributed by atoms with E-state index in [0.717, 1.165) is 45.3 Å². The lowest BCUT2D eigenvalue weighted by Crippen LogP contribution is -2.40. The summed E-state index contributed by atoms with van der Waals surface area (Å²) in [5.41, 5.74) is 5.54. The van der Waals surface area contributed by atoms with Crippen LogP contribution in [0.15, 0.2) is 0 Å². The van der Waals surface area contributed by atoms with Crippen LogP contribution in [0.2, 0.25) is 0 Å². The van der Waals surface area contributed by atoms with Gasteiger partial charge >= 0.3 is 0 Å². The van der Waals surface area contributed by atoms with Gasteiger partial charge in [0.25, 0.3) is 0 Å². The Morgan fingerprint density at radius 1 is 1.47 bits per heavy atom. The minimum Gasteiger partial charge on any atom is -0.355 e. The molecule has 1 saturated heterocycles. The standard InChI is InChI=1S/C13H27N3O/c1-2-3-9-15-13(17)11-16-10-5-7-12(16)6-4-8-14/h12H,2-11,14H2,1H3,(H,15,17). The van der Waals surface area contributed by atoms with Gasteiger partial charge in [0.15, 0.2) is 0 Å². The fourth-order valence-corrected chi connectivity index (χ4v) is 2.43. The Morgan fingerprint density at radius 3 is 3.00 bits per heavy atom. The molecule has 17 heavy (non-hydrogen) atoms. The minimum atomic E-state index is 0.179. The van der Waals surface area contributed by atoms with Gasteiger partial charge in [-0.15, -0.1) is 0 Å². The molecule has 1 aliphatic rings. The van der Waals surface area contributed by atoms with E-state index in [1.165, 1.54) is 12.8 Å². The van der Waals surface area contributed by atoms with Crippen molar-refractivity contribution >= 4 is 5.91 Å². The van der Waals surface area contributed by atoms with Gasteiger partial charge in [-0.3, -0.25) is 9.69 Å². The molecule has 1 heterocycles. The van der Waals surface area contributed by atoms with E-state index in [0.29, 0.717) is 12.6 Å². The molecular weight excluding hydrogens is 214 g/mol. The monoisotopic (exact) mass is 241 g/mol. The lowest BCUT2D eigenvalue weighted by atomic mass is 10.1. The first-order valence-electron chi connectivity index (χ1n) is 6.98. The molecule has 0 spiro atoms. The lowest BCUT2D eigenvalue weighted by Gasteiger charge is -2.23. The molecule has 0 aliphatic carbocycles. The summed E-state index contributed by atoms with van der Waals surface area (Å²) >= 11 is 0. The molecule has 0 bridgehead atoms. The number of hydrogen-bond donors (Lipinski definition) is 2. The van der Waals surface area contributed by atoms with Gasteiger partial charge in [-0.05, 0) is 45.2 Å². The first kappa shape index (κ1) is 14.5. The average molecular weight is 241 g/mol. The van der Waals surface area contributed by atoms with Crippen LogP contribution in [0.25, 0.3) is 0 Å². The smallest absolute Gasteiger partial charge is 0.234 e. The van der Waals surface area contributed by atoms with Crippen molar-refractivity contribution in [3.63, 3.8) is 0 Å². The van der Waals surface area contributed by atoms with Crippen molar-refractivity contribution < 1.29 is 4.79 Å². The molecule has 0 aromatic rings. The van der Waals surface area contributed by atoms with Crippen molar-refractivity contribution in [3.8, 4) is 0 Å². The van der Waals surface area contributed by atoms with Crippen molar-refractivity contribution in [2.45, 2.75) is 51.5 Å². The summed E-state index contributed by atoms with van der Waals surface area (Å²) in [6.07, 6.45) is 6.85. The zero-order valence-electron chi connectivity index (χ0n) is 11.1. The predicted octanol–water partition coefficient (Wildman–Crippen LogP) is 1.11. The quantitative estimate of drug-likeness (QED) is 0.626. The molecule has 1 atom stereocenters. The van der Waals surface area contributed by atoms with Crippen LogP contribution in [0.4, 0.5) is 0 Å². The SMILES string of the molecule is CCCCNC(=O)CN1CCCC1CCCN. The number of rotatable bonds is 8. The maximum absolute atomic E-state index is 11.7. The Balaban J connectivity index is 2.21. The molecule has 0 radical (unpaired) electrons. The molecule has 0 saturated carbocycles. The Kier molecular flexibility index (Phi) is 7.21. The van der Waals surface area contributed by atoms with E-state index in [-0.39, 0.29) is 5.91 Å². The van der Waals surface area contributed by atoms with Gasteiger partial charge in [-0.2, -0.15) is 0 Å². The third-order valence-electron chi connectivity index (χ3n) is 3.44. The van der Waals surface area contributed by atoms with Gasteiger partial charge in [0.1, 0.15) is 0 Å². The average Bonchev–Trinajstić information content (AvgIpc) is 2.74. The van der Waals surface area contributed by atoms with Crippen molar-refractivity contribution in [2.75, 3.05) is 26.2 Å². The number of nitrogens with zero attached hydrogens (tertiary/aromatic N) is 1. The molecular formula is C13H27N3O. The first-order valence-corrected chi connectivity index (χ1v) is 6.98. The minimum absolute atomic E-state index is 0.179. The molecule has 0 aromatic carbocycles. The normalized spacial score (nSPS) is 20.7. The molecule has 3 N–H and O–H groups in total. The zero-order valence-corrected chi connectivity index (χ0v) is 11.1. The summed E-state index contributed by atoms with van der Waals surface area (Å²) in [4.78, 5) is 14.0. The molecule has 4 heteroatoms. The number of hydrogen-bond acceptors (Lipinski definition) is 3. The molecule has 1 unspecified atom stereocenters. The highest BCUT2D eigenvalue weighted by molar-refractivity contribution is 5.78. The number of amides is 1. The summed E-state index contributed by atoms with van der Waals surface area (Å²) in [5.74, 6) is 0.179. The van der Waals surface area contributed by atoms with E-state index >= 15 is 0 Å². The molecule has 1 aliphatic heterocycles. The van der Waals surface area contributed by atoms with Gasteiger partial charge in [0.2, 0.25) is 5.91 Å². The van der Waals surface area contributed by atoms with Crippen LogP contribution in [-0.2, 0) is 4.79 Å². The van der Waals surface area contributed by atoms with Crippen LogP contribution < -0.4 is 11.1 Å². The second-order valence-corrected chi connectivity index (χ2v) is 4.90. The fourth-order valence-electron chi connectivity index (χ4n) is 2.43. The number of likely N-dealkylation sites (tertiary alicyclic amines) is 1. The highest BCUT2D eigenvalue weighted by atomic mass is 16.2. The van der Waals surface area contributed by atoms with Crippen molar-refractivity contribution in [2.24, 2.45) is 5.73 Å². The number of unbranched alkanes of at least 4 members (excludes halogenated alkanes) is 1. The Labute approximate surface area is 105 Å². The zero-order chi connectivity index (χ0) is 12.5. The van der Waals surface area contributed by atoms with Crippen LogP contribution in [0.5, 0.6) is 0 Å². The number of nitrogens with one attached hydrogen (secondary N) is 1. The summed E-state index contributed by atoms with van der Waals surface area (Å²) in [5, 5.41) is 2.98. The van der Waals surface area contributed by atoms with Crippen LogP contribution >= 0.6 is 0 Å². The molecule has 1 fully saturated rings. The highest BCUT2D eigenvalue weighted by Gasteiger charge is 2.25. The van der Waals surface area contributed by atoms with E-state index in [1.807, 2.05) is 0 Å². The van der Waals surface area contributed by atoms with E-state index in [9.17, 15) is 4.79 Å². The lowest BCUT2D eigenvalue weighted by molar-refractivity contribution is -0.122. The fraction of sp³-hybridized carbons (Fsp3) is 0.923. The van der Waals surface area contributed by atoms with E-state index in [1.54, 1.807) is 0 Å². The Hall–Kier alpha value is -0.610. The van der Waals surface area contributed by atoms with E-state index in [4.69, 9.17) is 5.73 Å². The van der Waals surface area contributed by atoms with Crippen LogP contribution in [0.3, 0.4) is 0 Å². The summed E-state index contributed by atoms with van der Waals surface area (Å²) in [6, 6.07) is 0.579. The van der Waals surface area contributed by atoms with Gasteiger partial charge in [0, 0.05) is 12.6 Å². The van der Waals surface area contributed by atoms with E-state index < -0.39 is 0 Å². The van der Waals surface area contributed by atoms with Crippen LogP contribution in [0, 0.1) is 0 Å². The molecule has 100 valence electrons. The first-order chi connectivity index (χ1) is 8.27. The number of nitrogens with two attached hydrogens (primary N) is 1. The number of carbonyl (C=O) groups is 1.